The van der Waals surface area contributed by atoms with Crippen molar-refractivity contribution in [2.24, 2.45) is 0 Å². The molecule has 0 saturated carbocycles. The number of ether oxygens (including phenoxy) is 1. The molecular weight excluding hydrogens is 324 g/mol. The Morgan fingerprint density at radius 3 is 2.62 bits per heavy atom. The molecule has 6 nitrogen and oxygen atoms in total. The van der Waals surface area contributed by atoms with Gasteiger partial charge in [0.1, 0.15) is 5.78 Å². The third-order valence-electron chi connectivity index (χ3n) is 4.12. The average molecular weight is 346 g/mol. The molecule has 0 radical (unpaired) electrons. The van der Waals surface area contributed by atoms with E-state index in [1.165, 1.54) is 11.8 Å². The summed E-state index contributed by atoms with van der Waals surface area (Å²) in [7, 11) is 0. The van der Waals surface area contributed by atoms with Gasteiger partial charge in [-0.25, -0.2) is 0 Å². The second kappa shape index (κ2) is 7.36. The van der Waals surface area contributed by atoms with Crippen LogP contribution in [-0.4, -0.2) is 52.1 Å². The lowest BCUT2D eigenvalue weighted by molar-refractivity contribution is -0.116. The SMILES string of the molecule is CC(=O)[C@@H](C)Sc1nnc(N2CCOCC2)n1-c1ccccc1C. The van der Waals surface area contributed by atoms with Crippen LogP contribution in [0.4, 0.5) is 5.95 Å². The van der Waals surface area contributed by atoms with E-state index in [-0.39, 0.29) is 11.0 Å². The van der Waals surface area contributed by atoms with E-state index in [1.807, 2.05) is 19.1 Å². The van der Waals surface area contributed by atoms with Gasteiger partial charge in [0.05, 0.1) is 24.2 Å². The van der Waals surface area contributed by atoms with Gasteiger partial charge in [0, 0.05) is 13.1 Å². The summed E-state index contributed by atoms with van der Waals surface area (Å²) in [5.74, 6) is 0.943. The van der Waals surface area contributed by atoms with Crippen molar-refractivity contribution in [3.8, 4) is 5.69 Å². The summed E-state index contributed by atoms with van der Waals surface area (Å²) in [5, 5.41) is 9.38. The largest absolute Gasteiger partial charge is 0.378 e. The molecule has 0 N–H and O–H groups in total. The summed E-state index contributed by atoms with van der Waals surface area (Å²) in [5.41, 5.74) is 2.19. The van der Waals surface area contributed by atoms with E-state index < -0.39 is 0 Å². The Labute approximate surface area is 146 Å². The van der Waals surface area contributed by atoms with E-state index in [2.05, 4.69) is 38.7 Å². The Bertz CT molecular complexity index is 725. The van der Waals surface area contributed by atoms with E-state index in [0.29, 0.717) is 13.2 Å². The molecule has 2 aromatic rings. The van der Waals surface area contributed by atoms with Crippen molar-refractivity contribution in [2.75, 3.05) is 31.2 Å². The molecule has 1 aromatic heterocycles. The molecule has 1 fully saturated rings. The van der Waals surface area contributed by atoms with Crippen molar-refractivity contribution in [2.45, 2.75) is 31.2 Å². The molecule has 1 atom stereocenters. The molecule has 24 heavy (non-hydrogen) atoms. The molecule has 128 valence electrons. The van der Waals surface area contributed by atoms with Crippen molar-refractivity contribution in [3.05, 3.63) is 29.8 Å². The topological polar surface area (TPSA) is 60.3 Å². The van der Waals surface area contributed by atoms with E-state index in [1.54, 1.807) is 6.92 Å². The molecule has 0 bridgehead atoms. The number of benzene rings is 1. The van der Waals surface area contributed by atoms with Gasteiger partial charge in [0.25, 0.3) is 0 Å². The van der Waals surface area contributed by atoms with Crippen LogP contribution in [0.1, 0.15) is 19.4 Å². The van der Waals surface area contributed by atoms with Crippen LogP contribution in [0.25, 0.3) is 5.69 Å². The van der Waals surface area contributed by atoms with Crippen LogP contribution < -0.4 is 4.90 Å². The van der Waals surface area contributed by atoms with Gasteiger partial charge in [-0.05, 0) is 32.4 Å². The summed E-state index contributed by atoms with van der Waals surface area (Å²) in [6, 6.07) is 8.16. The number of anilines is 1. The number of morpholine rings is 1. The first-order valence-electron chi connectivity index (χ1n) is 8.09. The number of nitrogens with zero attached hydrogens (tertiary/aromatic N) is 4. The molecule has 1 aliphatic heterocycles. The average Bonchev–Trinajstić information content (AvgIpc) is 2.99. The van der Waals surface area contributed by atoms with Gasteiger partial charge in [-0.1, -0.05) is 30.0 Å². The van der Waals surface area contributed by atoms with Gasteiger partial charge in [-0.15, -0.1) is 10.2 Å². The monoisotopic (exact) mass is 346 g/mol. The first kappa shape index (κ1) is 17.0. The molecule has 2 heterocycles. The number of rotatable bonds is 5. The summed E-state index contributed by atoms with van der Waals surface area (Å²) < 4.78 is 7.50. The lowest BCUT2D eigenvalue weighted by Crippen LogP contribution is -2.38. The van der Waals surface area contributed by atoms with Crippen molar-refractivity contribution < 1.29 is 9.53 Å². The fourth-order valence-corrected chi connectivity index (χ4v) is 3.43. The number of aryl methyl sites for hydroxylation is 1. The van der Waals surface area contributed by atoms with Gasteiger partial charge in [-0.2, -0.15) is 0 Å². The molecule has 0 unspecified atom stereocenters. The number of hydrogen-bond acceptors (Lipinski definition) is 6. The fourth-order valence-electron chi connectivity index (χ4n) is 2.57. The van der Waals surface area contributed by atoms with Crippen LogP contribution in [-0.2, 0) is 9.53 Å². The molecule has 7 heteroatoms. The van der Waals surface area contributed by atoms with Crippen LogP contribution >= 0.6 is 11.8 Å². The number of aromatic nitrogens is 3. The minimum absolute atomic E-state index is 0.132. The number of ketones is 1. The number of carbonyl (C=O) groups excluding carboxylic acids is 1. The van der Waals surface area contributed by atoms with Gasteiger partial charge < -0.3 is 9.64 Å². The van der Waals surface area contributed by atoms with E-state index in [4.69, 9.17) is 4.74 Å². The predicted molar refractivity (Wildman–Crippen MR) is 95.1 cm³/mol. The lowest BCUT2D eigenvalue weighted by atomic mass is 10.2. The molecule has 1 saturated heterocycles. The van der Waals surface area contributed by atoms with Crippen LogP contribution in [0, 0.1) is 6.92 Å². The highest BCUT2D eigenvalue weighted by Crippen LogP contribution is 2.31. The van der Waals surface area contributed by atoms with Crippen LogP contribution in [0.3, 0.4) is 0 Å². The minimum atomic E-state index is -0.158. The maximum atomic E-state index is 11.7. The Morgan fingerprint density at radius 1 is 1.25 bits per heavy atom. The second-order valence-corrected chi connectivity index (χ2v) is 7.18. The summed E-state index contributed by atoms with van der Waals surface area (Å²) in [6.45, 7) is 8.53. The number of para-hydroxylation sites is 1. The minimum Gasteiger partial charge on any atom is -0.378 e. The van der Waals surface area contributed by atoms with Crippen LogP contribution in [0.2, 0.25) is 0 Å². The van der Waals surface area contributed by atoms with Crippen LogP contribution in [0.5, 0.6) is 0 Å². The Hall–Kier alpha value is -1.86. The second-order valence-electron chi connectivity index (χ2n) is 5.87. The summed E-state index contributed by atoms with van der Waals surface area (Å²) in [6.07, 6.45) is 0. The van der Waals surface area contributed by atoms with Gasteiger partial charge in [0.15, 0.2) is 5.16 Å². The van der Waals surface area contributed by atoms with Gasteiger partial charge >= 0.3 is 0 Å². The smallest absolute Gasteiger partial charge is 0.232 e. The maximum absolute atomic E-state index is 11.7. The molecule has 0 amide bonds. The Kier molecular flexibility index (Phi) is 5.20. The Balaban J connectivity index is 2.05. The summed E-state index contributed by atoms with van der Waals surface area (Å²) >= 11 is 1.45. The van der Waals surface area contributed by atoms with Gasteiger partial charge in [-0.3, -0.25) is 9.36 Å². The molecule has 1 aromatic carbocycles. The lowest BCUT2D eigenvalue weighted by Gasteiger charge is -2.28. The standard InChI is InChI=1S/C17H22N4O2S/c1-12-6-4-5-7-15(12)21-16(20-8-10-23-11-9-20)18-19-17(21)24-14(3)13(2)22/h4-7,14H,8-11H2,1-3H3/t14-/m1/s1. The highest BCUT2D eigenvalue weighted by Gasteiger charge is 2.24. The van der Waals surface area contributed by atoms with Crippen molar-refractivity contribution in [3.63, 3.8) is 0 Å². The number of hydrogen-bond donors (Lipinski definition) is 0. The van der Waals surface area contributed by atoms with E-state index in [0.717, 1.165) is 35.4 Å². The molecular formula is C17H22N4O2S. The zero-order valence-corrected chi connectivity index (χ0v) is 15.0. The zero-order valence-electron chi connectivity index (χ0n) is 14.2. The predicted octanol–water partition coefficient (Wildman–Crippen LogP) is 2.48. The van der Waals surface area contributed by atoms with Crippen LogP contribution in [0.15, 0.2) is 29.4 Å². The first-order valence-corrected chi connectivity index (χ1v) is 8.97. The summed E-state index contributed by atoms with van der Waals surface area (Å²) in [4.78, 5) is 13.9. The third-order valence-corrected chi connectivity index (χ3v) is 5.28. The van der Waals surface area contributed by atoms with Gasteiger partial charge in [0.2, 0.25) is 5.95 Å². The Morgan fingerprint density at radius 2 is 1.96 bits per heavy atom. The highest BCUT2D eigenvalue weighted by atomic mass is 32.2. The fraction of sp³-hybridized carbons (Fsp3) is 0.471. The van der Waals surface area contributed by atoms with E-state index >= 15 is 0 Å². The normalized spacial score (nSPS) is 16.2. The first-order chi connectivity index (χ1) is 11.6. The molecule has 0 spiro atoms. The third kappa shape index (κ3) is 3.47. The number of thioether (sulfide) groups is 1. The molecule has 3 rings (SSSR count). The molecule has 1 aliphatic rings. The van der Waals surface area contributed by atoms with E-state index in [9.17, 15) is 4.79 Å². The molecule has 0 aliphatic carbocycles. The number of Topliss-reactive ketones (excluding diaryl/α,β-unsaturated/α-hetero) is 1. The maximum Gasteiger partial charge on any atom is 0.232 e. The van der Waals surface area contributed by atoms with Crippen molar-refractivity contribution >= 4 is 23.5 Å². The zero-order chi connectivity index (χ0) is 17.1. The number of carbonyl (C=O) groups is 1. The highest BCUT2D eigenvalue weighted by molar-refractivity contribution is 8.00. The van der Waals surface area contributed by atoms with Crippen molar-refractivity contribution in [1.82, 2.24) is 14.8 Å². The quantitative estimate of drug-likeness (QED) is 0.775. The van der Waals surface area contributed by atoms with Crippen molar-refractivity contribution in [1.29, 1.82) is 0 Å².